The Bertz CT molecular complexity index is 1260. The van der Waals surface area contributed by atoms with E-state index in [1.54, 1.807) is 30.6 Å². The van der Waals surface area contributed by atoms with Crippen molar-refractivity contribution in [2.75, 3.05) is 19.2 Å². The Morgan fingerprint density at radius 1 is 1.36 bits per heavy atom. The third-order valence-electron chi connectivity index (χ3n) is 5.65. The molecular weight excluding hydrogens is 511 g/mol. The molecular formula is C27H36F3N7O2. The highest BCUT2D eigenvalue weighted by Gasteiger charge is 2.30. The summed E-state index contributed by atoms with van der Waals surface area (Å²) in [6.07, 6.45) is 9.17. The molecule has 0 aliphatic carbocycles. The highest BCUT2D eigenvalue weighted by Crippen LogP contribution is 2.33. The van der Waals surface area contributed by atoms with Crippen molar-refractivity contribution in [2.24, 2.45) is 4.99 Å². The molecule has 2 atom stereocenters. The van der Waals surface area contributed by atoms with Crippen LogP contribution in [0.2, 0.25) is 0 Å². The van der Waals surface area contributed by atoms with E-state index < -0.39 is 17.9 Å². The van der Waals surface area contributed by atoms with E-state index in [-0.39, 0.29) is 19.4 Å². The molecule has 2 aromatic rings. The van der Waals surface area contributed by atoms with Gasteiger partial charge in [-0.3, -0.25) is 0 Å². The van der Waals surface area contributed by atoms with Crippen LogP contribution in [0.25, 0.3) is 5.52 Å². The molecule has 0 radical (unpaired) electrons. The zero-order valence-corrected chi connectivity index (χ0v) is 22.5. The Labute approximate surface area is 226 Å². The van der Waals surface area contributed by atoms with Gasteiger partial charge in [0.1, 0.15) is 25.3 Å². The third kappa shape index (κ3) is 9.41. The van der Waals surface area contributed by atoms with Crippen molar-refractivity contribution in [3.05, 3.63) is 84.2 Å². The fourth-order valence-electron chi connectivity index (χ4n) is 3.71. The first kappa shape index (κ1) is 31.3. The topological polar surface area (TPSA) is 122 Å². The summed E-state index contributed by atoms with van der Waals surface area (Å²) >= 11 is 0. The molecule has 12 heteroatoms. The molecule has 2 unspecified atom stereocenters. The molecule has 2 rings (SSSR count). The first-order chi connectivity index (χ1) is 18.5. The predicted molar refractivity (Wildman–Crippen MR) is 148 cm³/mol. The second kappa shape index (κ2) is 14.9. The van der Waals surface area contributed by atoms with Gasteiger partial charge in [0, 0.05) is 36.0 Å². The van der Waals surface area contributed by atoms with Gasteiger partial charge >= 0.3 is 6.18 Å². The van der Waals surface area contributed by atoms with Crippen molar-refractivity contribution in [1.82, 2.24) is 25.2 Å². The Morgan fingerprint density at radius 3 is 2.74 bits per heavy atom. The van der Waals surface area contributed by atoms with Gasteiger partial charge in [-0.05, 0) is 38.5 Å². The SMILES string of the molecule is C=C/C=C(\C/C=C\C(C)c1c(C(C)O)cn2ncnc(N)c12)NCOC/N=C(\C)N/C=C\C(=C/C)C(F)(F)F. The van der Waals surface area contributed by atoms with Crippen LogP contribution in [0.5, 0.6) is 0 Å². The molecule has 0 spiro atoms. The van der Waals surface area contributed by atoms with Crippen molar-refractivity contribution < 1.29 is 23.0 Å². The number of ether oxygens (including phenoxy) is 1. The molecule has 9 nitrogen and oxygen atoms in total. The Kier molecular flexibility index (Phi) is 12.0. The zero-order chi connectivity index (χ0) is 29.0. The van der Waals surface area contributed by atoms with Gasteiger partial charge in [0.05, 0.1) is 17.5 Å². The van der Waals surface area contributed by atoms with Gasteiger partial charge in [-0.2, -0.15) is 18.3 Å². The number of anilines is 1. The molecule has 0 aromatic carbocycles. The first-order valence-electron chi connectivity index (χ1n) is 12.3. The van der Waals surface area contributed by atoms with Crippen LogP contribution >= 0.6 is 0 Å². The Balaban J connectivity index is 1.90. The average Bonchev–Trinajstić information content (AvgIpc) is 3.27. The number of amidine groups is 1. The predicted octanol–water partition coefficient (Wildman–Crippen LogP) is 5.04. The minimum atomic E-state index is -4.41. The number of alkyl halides is 3. The smallest absolute Gasteiger partial charge is 0.389 e. The molecule has 2 heterocycles. The van der Waals surface area contributed by atoms with Gasteiger partial charge in [0.25, 0.3) is 0 Å². The summed E-state index contributed by atoms with van der Waals surface area (Å²) in [5, 5.41) is 20.3. The van der Waals surface area contributed by atoms with E-state index in [4.69, 9.17) is 10.5 Å². The van der Waals surface area contributed by atoms with Gasteiger partial charge in [0.2, 0.25) is 0 Å². The fourth-order valence-corrected chi connectivity index (χ4v) is 3.71. The maximum atomic E-state index is 12.7. The third-order valence-corrected chi connectivity index (χ3v) is 5.65. The highest BCUT2D eigenvalue weighted by molar-refractivity contribution is 5.80. The van der Waals surface area contributed by atoms with Gasteiger partial charge in [0.15, 0.2) is 5.82 Å². The number of nitrogens with two attached hydrogens (primary N) is 1. The minimum absolute atomic E-state index is 0.0109. The van der Waals surface area contributed by atoms with E-state index >= 15 is 0 Å². The van der Waals surface area contributed by atoms with Crippen LogP contribution < -0.4 is 16.4 Å². The number of nitrogen functional groups attached to an aromatic ring is 1. The fraction of sp³-hybridized carbons (Fsp3) is 0.370. The standard InChI is InChI=1S/C27H36F3N7O2/c1-6-9-22(35-17-39-16-34-20(5)32-13-12-21(7-2)27(28,29)30)11-8-10-18(3)24-23(19(4)38)14-37-25(24)26(31)33-15-36-37/h6-10,12-15,18-19,35,38H,1,11,16-17H2,2-5H3,(H,32,34)(H2,31,33,36)/b10-8-,13-12-,21-7+,22-9+. The number of aliphatic imine (C=N–C) groups is 1. The van der Waals surface area contributed by atoms with Gasteiger partial charge in [-0.15, -0.1) is 0 Å². The van der Waals surface area contributed by atoms with Crippen LogP contribution in [0, 0.1) is 0 Å². The Hall–Kier alpha value is -3.90. The summed E-state index contributed by atoms with van der Waals surface area (Å²) in [6, 6.07) is 0. The summed E-state index contributed by atoms with van der Waals surface area (Å²) in [5.41, 5.74) is 8.46. The summed E-state index contributed by atoms with van der Waals surface area (Å²) in [5.74, 6) is 0.669. The summed E-state index contributed by atoms with van der Waals surface area (Å²) in [6.45, 7) is 10.6. The summed E-state index contributed by atoms with van der Waals surface area (Å²) in [4.78, 5) is 8.20. The number of fused-ring (bicyclic) bond motifs is 1. The molecule has 0 aliphatic rings. The zero-order valence-electron chi connectivity index (χ0n) is 22.5. The molecule has 5 N–H and O–H groups in total. The number of halogens is 3. The quantitative estimate of drug-likeness (QED) is 0.0692. The van der Waals surface area contributed by atoms with E-state index in [1.807, 2.05) is 25.2 Å². The van der Waals surface area contributed by atoms with E-state index in [0.29, 0.717) is 23.6 Å². The van der Waals surface area contributed by atoms with Crippen molar-refractivity contribution in [2.45, 2.75) is 52.3 Å². The normalized spacial score (nSPS) is 15.3. The summed E-state index contributed by atoms with van der Waals surface area (Å²) < 4.78 is 45.2. The molecule has 0 saturated carbocycles. The molecule has 0 amide bonds. The summed E-state index contributed by atoms with van der Waals surface area (Å²) in [7, 11) is 0. The van der Waals surface area contributed by atoms with E-state index in [1.165, 1.54) is 19.5 Å². The lowest BCUT2D eigenvalue weighted by atomic mass is 9.95. The van der Waals surface area contributed by atoms with E-state index in [9.17, 15) is 18.3 Å². The molecule has 0 bridgehead atoms. The second-order valence-electron chi connectivity index (χ2n) is 8.58. The van der Waals surface area contributed by atoms with Crippen molar-refractivity contribution in [3.63, 3.8) is 0 Å². The number of nitrogens with zero attached hydrogens (tertiary/aromatic N) is 4. The van der Waals surface area contributed by atoms with Crippen LogP contribution in [0.3, 0.4) is 0 Å². The number of aromatic nitrogens is 3. The lowest BCUT2D eigenvalue weighted by molar-refractivity contribution is -0.0883. The van der Waals surface area contributed by atoms with E-state index in [0.717, 1.165) is 29.0 Å². The number of aliphatic hydroxyl groups excluding tert-OH is 1. The number of aliphatic hydroxyl groups is 1. The minimum Gasteiger partial charge on any atom is -0.389 e. The van der Waals surface area contributed by atoms with Crippen molar-refractivity contribution in [1.29, 1.82) is 0 Å². The monoisotopic (exact) mass is 547 g/mol. The number of hydrogen-bond donors (Lipinski definition) is 4. The molecule has 0 aliphatic heterocycles. The maximum absolute atomic E-state index is 12.7. The van der Waals surface area contributed by atoms with E-state index in [2.05, 4.69) is 32.3 Å². The molecule has 212 valence electrons. The maximum Gasteiger partial charge on any atom is 0.416 e. The van der Waals surface area contributed by atoms with Crippen LogP contribution in [0.1, 0.15) is 57.3 Å². The highest BCUT2D eigenvalue weighted by atomic mass is 19.4. The number of allylic oxidation sites excluding steroid dienone is 7. The Morgan fingerprint density at radius 2 is 2.10 bits per heavy atom. The van der Waals surface area contributed by atoms with Gasteiger partial charge in [-0.1, -0.05) is 37.8 Å². The van der Waals surface area contributed by atoms with Gasteiger partial charge in [-0.25, -0.2) is 14.5 Å². The van der Waals surface area contributed by atoms with Crippen LogP contribution in [-0.2, 0) is 4.74 Å². The molecule has 0 fully saturated rings. The van der Waals surface area contributed by atoms with Crippen molar-refractivity contribution >= 4 is 17.2 Å². The second-order valence-corrected chi connectivity index (χ2v) is 8.58. The number of rotatable bonds is 13. The molecule has 0 saturated heterocycles. The van der Waals surface area contributed by atoms with Gasteiger partial charge < -0.3 is 26.2 Å². The van der Waals surface area contributed by atoms with Crippen molar-refractivity contribution in [3.8, 4) is 0 Å². The number of nitrogens with one attached hydrogen (secondary N) is 2. The van der Waals surface area contributed by atoms with Crippen LogP contribution in [0.15, 0.2) is 78.0 Å². The molecule has 2 aromatic heterocycles. The average molecular weight is 548 g/mol. The number of hydrogen-bond acceptors (Lipinski definition) is 7. The lowest BCUT2D eigenvalue weighted by Gasteiger charge is -2.13. The van der Waals surface area contributed by atoms with Crippen LogP contribution in [0.4, 0.5) is 19.0 Å². The molecule has 39 heavy (non-hydrogen) atoms. The largest absolute Gasteiger partial charge is 0.416 e. The van der Waals surface area contributed by atoms with Crippen LogP contribution in [-0.4, -0.2) is 45.2 Å². The first-order valence-corrected chi connectivity index (χ1v) is 12.3. The lowest BCUT2D eigenvalue weighted by Crippen LogP contribution is -2.19.